The van der Waals surface area contributed by atoms with Crippen LogP contribution in [0.2, 0.25) is 0 Å². The van der Waals surface area contributed by atoms with Gasteiger partial charge in [-0.05, 0) is 65.7 Å². The average molecular weight is 662 g/mol. The number of thiophene rings is 1. The Hall–Kier alpha value is -6.01. The van der Waals surface area contributed by atoms with E-state index in [0.29, 0.717) is 0 Å². The summed E-state index contributed by atoms with van der Waals surface area (Å²) in [6.07, 6.45) is 0.00360. The molecule has 0 aliphatic carbocycles. The predicted octanol–water partition coefficient (Wildman–Crippen LogP) is 10.1. The number of hydrogen-bond donors (Lipinski definition) is 2. The normalized spacial score (nSPS) is 16.2. The minimum absolute atomic E-state index is 0.0451. The molecule has 0 fully saturated rings. The van der Waals surface area contributed by atoms with Crippen LogP contribution in [0.1, 0.15) is 29.0 Å². The molecule has 50 heavy (non-hydrogen) atoms. The Kier molecular flexibility index (Phi) is 6.86. The lowest BCUT2D eigenvalue weighted by atomic mass is 10.0. The number of benzene rings is 7. The van der Waals surface area contributed by atoms with Crippen LogP contribution in [0.3, 0.4) is 0 Å². The van der Waals surface area contributed by atoms with E-state index in [4.69, 9.17) is 4.99 Å². The Balaban J connectivity index is 1.12. The van der Waals surface area contributed by atoms with E-state index in [-0.39, 0.29) is 12.3 Å². The number of fused-ring (bicyclic) bond motifs is 6. The van der Waals surface area contributed by atoms with Gasteiger partial charge in [-0.2, -0.15) is 0 Å². The summed E-state index contributed by atoms with van der Waals surface area (Å²) in [5.41, 5.74) is 9.48. The van der Waals surface area contributed by atoms with E-state index >= 15 is 0 Å². The van der Waals surface area contributed by atoms with Crippen LogP contribution in [0.5, 0.6) is 0 Å². The first-order valence-corrected chi connectivity index (χ1v) is 17.9. The molecule has 0 spiro atoms. The van der Waals surface area contributed by atoms with Gasteiger partial charge < -0.3 is 9.88 Å². The van der Waals surface area contributed by atoms with Crippen LogP contribution in [-0.2, 0) is 0 Å². The van der Waals surface area contributed by atoms with Crippen molar-refractivity contribution in [1.82, 2.24) is 9.88 Å². The van der Waals surface area contributed by atoms with Gasteiger partial charge >= 0.3 is 0 Å². The predicted molar refractivity (Wildman–Crippen MR) is 209 cm³/mol. The molecule has 238 valence electrons. The van der Waals surface area contributed by atoms with E-state index in [0.717, 1.165) is 17.1 Å². The van der Waals surface area contributed by atoms with Crippen molar-refractivity contribution in [2.24, 2.45) is 4.99 Å². The smallest absolute Gasteiger partial charge is 0.209 e. The first kappa shape index (κ1) is 29.0. The minimum Gasteiger partial charge on any atom is -0.317 e. The summed E-state index contributed by atoms with van der Waals surface area (Å²) in [4.78, 5) is 5.23. The summed E-state index contributed by atoms with van der Waals surface area (Å²) >= 11 is 1.87. The molecule has 5 heteroatoms. The van der Waals surface area contributed by atoms with Crippen molar-refractivity contribution >= 4 is 59.2 Å². The highest BCUT2D eigenvalue weighted by molar-refractivity contribution is 7.25. The van der Waals surface area contributed by atoms with Gasteiger partial charge in [-0.25, -0.2) is 4.99 Å². The number of aliphatic imine (C=N–C) groups is 1. The molecule has 1 aliphatic heterocycles. The second-order valence-corrected chi connectivity index (χ2v) is 14.1. The minimum atomic E-state index is -0.0451. The molecule has 2 aromatic heterocycles. The zero-order valence-electron chi connectivity index (χ0n) is 27.2. The zero-order valence-corrected chi connectivity index (χ0v) is 28.0. The van der Waals surface area contributed by atoms with Crippen molar-refractivity contribution in [3.05, 3.63) is 187 Å². The zero-order chi connectivity index (χ0) is 33.0. The van der Waals surface area contributed by atoms with Crippen molar-refractivity contribution < 1.29 is 5.32 Å². The maximum atomic E-state index is 5.23. The fourth-order valence-electron chi connectivity index (χ4n) is 7.54. The molecule has 0 amide bonds. The molecule has 9 aromatic rings. The number of nitrogens with one attached hydrogen (secondary N) is 1. The highest BCUT2D eigenvalue weighted by Crippen LogP contribution is 2.41. The molecule has 10 rings (SSSR count). The molecule has 3 heterocycles. The summed E-state index contributed by atoms with van der Waals surface area (Å²) in [6.45, 7) is 0. The number of nitrogens with zero attached hydrogens (tertiary/aromatic N) is 2. The first-order chi connectivity index (χ1) is 24.8. The fourth-order valence-corrected chi connectivity index (χ4v) is 8.67. The molecule has 2 atom stereocenters. The van der Waals surface area contributed by atoms with Gasteiger partial charge in [0.2, 0.25) is 6.17 Å². The monoisotopic (exact) mass is 661 g/mol. The van der Waals surface area contributed by atoms with E-state index in [1.807, 2.05) is 11.3 Å². The van der Waals surface area contributed by atoms with Gasteiger partial charge in [0.15, 0.2) is 6.17 Å². The van der Waals surface area contributed by atoms with Crippen molar-refractivity contribution in [3.63, 3.8) is 0 Å². The van der Waals surface area contributed by atoms with Crippen LogP contribution >= 0.6 is 11.3 Å². The van der Waals surface area contributed by atoms with Gasteiger partial charge in [-0.1, -0.05) is 115 Å². The van der Waals surface area contributed by atoms with E-state index in [2.05, 4.69) is 185 Å². The van der Waals surface area contributed by atoms with Gasteiger partial charge in [-0.3, -0.25) is 5.32 Å². The Morgan fingerprint density at radius 2 is 1.16 bits per heavy atom. The van der Waals surface area contributed by atoms with Crippen molar-refractivity contribution in [2.75, 3.05) is 0 Å². The second-order valence-electron chi connectivity index (χ2n) is 13.0. The van der Waals surface area contributed by atoms with E-state index in [9.17, 15) is 0 Å². The van der Waals surface area contributed by atoms with Gasteiger partial charge in [-0.15, -0.1) is 11.3 Å². The van der Waals surface area contributed by atoms with Gasteiger partial charge in [0.05, 0.1) is 11.0 Å². The third-order valence-corrected chi connectivity index (χ3v) is 11.1. The Bertz CT molecular complexity index is 2690. The maximum absolute atomic E-state index is 5.23. The van der Waals surface area contributed by atoms with Crippen LogP contribution in [0.4, 0.5) is 0 Å². The molecule has 0 radical (unpaired) electrons. The summed E-state index contributed by atoms with van der Waals surface area (Å²) < 4.78 is 5.07. The molecule has 2 unspecified atom stereocenters. The fraction of sp³-hybridized carbons (Fsp3) is 0.0444. The topological polar surface area (TPSA) is 45.9 Å². The molecule has 7 aromatic carbocycles. The van der Waals surface area contributed by atoms with E-state index < -0.39 is 0 Å². The Morgan fingerprint density at radius 1 is 0.500 bits per heavy atom. The number of quaternary nitrogens is 1. The van der Waals surface area contributed by atoms with E-state index in [1.165, 1.54) is 64.2 Å². The van der Waals surface area contributed by atoms with Gasteiger partial charge in [0.25, 0.3) is 0 Å². The largest absolute Gasteiger partial charge is 0.317 e. The number of amidine groups is 1. The van der Waals surface area contributed by atoms with Crippen molar-refractivity contribution in [1.29, 1.82) is 0 Å². The van der Waals surface area contributed by atoms with Crippen LogP contribution in [-0.4, -0.2) is 10.4 Å². The number of hydrogen-bond acceptors (Lipinski definition) is 3. The lowest BCUT2D eigenvalue weighted by Crippen LogP contribution is -2.90. The van der Waals surface area contributed by atoms with Crippen LogP contribution < -0.4 is 10.6 Å². The van der Waals surface area contributed by atoms with Crippen molar-refractivity contribution in [3.8, 4) is 16.8 Å². The number of rotatable bonds is 5. The summed E-state index contributed by atoms with van der Waals surface area (Å²) in [7, 11) is 0. The SMILES string of the molecule is c1ccc(-c2ccc3c(c2)c2cc4sc5ccccc5c4cc2n3-c2ccc(C3=NC(c4ccccc4)[NH2+]C(c4ccccc4)N3)cc2)cc1. The van der Waals surface area contributed by atoms with Crippen LogP contribution in [0.25, 0.3) is 58.8 Å². The van der Waals surface area contributed by atoms with Crippen molar-refractivity contribution in [2.45, 2.75) is 12.3 Å². The molecule has 3 N–H and O–H groups in total. The highest BCUT2D eigenvalue weighted by Gasteiger charge is 2.29. The molecule has 0 bridgehead atoms. The molecule has 1 aliphatic rings. The molecular weight excluding hydrogens is 629 g/mol. The molecular formula is C45H33N4S+. The summed E-state index contributed by atoms with van der Waals surface area (Å²) in [5.74, 6) is 0.905. The Labute approximate surface area is 294 Å². The quantitative estimate of drug-likeness (QED) is 0.190. The number of aromatic nitrogens is 1. The second kappa shape index (κ2) is 11.8. The summed E-state index contributed by atoms with van der Waals surface area (Å²) in [6, 6.07) is 61.2. The standard InChI is InChI=1S/C45H32N4S/c1-4-12-29(13-5-1)33-22-25-39-36(26-33)37-28-42-38(35-18-10-11-19-41(35)50-42)27-40(37)49(39)34-23-20-32(21-24-34)45-47-43(30-14-6-2-7-15-30)46-44(48-45)31-16-8-3-9-17-31/h1-28,43-44,46H,(H,47,48)/p+1. The van der Waals surface area contributed by atoms with Crippen LogP contribution in [0, 0.1) is 0 Å². The highest BCUT2D eigenvalue weighted by atomic mass is 32.1. The van der Waals surface area contributed by atoms with E-state index in [1.54, 1.807) is 0 Å². The Morgan fingerprint density at radius 3 is 1.94 bits per heavy atom. The molecule has 4 nitrogen and oxygen atoms in total. The lowest BCUT2D eigenvalue weighted by molar-refractivity contribution is -0.739. The summed E-state index contributed by atoms with van der Waals surface area (Å²) in [5, 5.41) is 11.2. The third kappa shape index (κ3) is 4.90. The third-order valence-electron chi connectivity index (χ3n) is 10.0. The van der Waals surface area contributed by atoms with Gasteiger partial charge in [0, 0.05) is 53.3 Å². The number of nitrogens with two attached hydrogens (primary N) is 1. The van der Waals surface area contributed by atoms with Crippen LogP contribution in [0.15, 0.2) is 175 Å². The lowest BCUT2D eigenvalue weighted by Gasteiger charge is -2.28. The first-order valence-electron chi connectivity index (χ1n) is 17.1. The maximum Gasteiger partial charge on any atom is 0.209 e. The molecule has 0 saturated heterocycles. The molecule has 0 saturated carbocycles. The average Bonchev–Trinajstić information content (AvgIpc) is 3.72. The van der Waals surface area contributed by atoms with Gasteiger partial charge in [0.1, 0.15) is 5.84 Å².